The fraction of sp³-hybridized carbons (Fsp3) is 1.00. The largest absolute Gasteiger partial charge is 0.379 e. The highest BCUT2D eigenvalue weighted by molar-refractivity contribution is 4.38. The summed E-state index contributed by atoms with van der Waals surface area (Å²) in [7, 11) is 0. The van der Waals surface area contributed by atoms with Crippen molar-refractivity contribution >= 4 is 0 Å². The molecule has 80 valence electrons. The molecule has 0 aromatic carbocycles. The molecule has 0 saturated carbocycles. The van der Waals surface area contributed by atoms with Gasteiger partial charge in [-0.2, -0.15) is 0 Å². The van der Waals surface area contributed by atoms with Crippen molar-refractivity contribution in [3.05, 3.63) is 0 Å². The van der Waals surface area contributed by atoms with Gasteiger partial charge in [-0.05, 0) is 13.3 Å². The summed E-state index contributed by atoms with van der Waals surface area (Å²) in [4.78, 5) is 0. The SMILES string of the molecule is CCCOC(O)COCCOCC. The van der Waals surface area contributed by atoms with Crippen LogP contribution in [-0.4, -0.2) is 44.4 Å². The Balaban J connectivity index is 3.03. The monoisotopic (exact) mass is 192 g/mol. The van der Waals surface area contributed by atoms with Gasteiger partial charge in [-0.15, -0.1) is 0 Å². The molecule has 0 spiro atoms. The molecule has 0 saturated heterocycles. The average Bonchev–Trinajstić information content (AvgIpc) is 2.14. The predicted octanol–water partition coefficient (Wildman–Crippen LogP) is 0.784. The van der Waals surface area contributed by atoms with Crippen molar-refractivity contribution in [1.82, 2.24) is 0 Å². The second-order valence-electron chi connectivity index (χ2n) is 2.60. The Kier molecular flexibility index (Phi) is 9.80. The maximum absolute atomic E-state index is 9.15. The fourth-order valence-corrected chi connectivity index (χ4v) is 0.748. The molecule has 4 heteroatoms. The molecule has 0 radical (unpaired) electrons. The molecule has 0 aliphatic rings. The van der Waals surface area contributed by atoms with Crippen molar-refractivity contribution < 1.29 is 19.3 Å². The van der Waals surface area contributed by atoms with Crippen LogP contribution < -0.4 is 0 Å². The summed E-state index contributed by atoms with van der Waals surface area (Å²) in [5.74, 6) is 0. The van der Waals surface area contributed by atoms with E-state index in [1.165, 1.54) is 0 Å². The van der Waals surface area contributed by atoms with Crippen molar-refractivity contribution in [2.45, 2.75) is 26.6 Å². The Morgan fingerprint density at radius 3 is 2.38 bits per heavy atom. The van der Waals surface area contributed by atoms with Gasteiger partial charge in [0.25, 0.3) is 0 Å². The minimum Gasteiger partial charge on any atom is -0.379 e. The quantitative estimate of drug-likeness (QED) is 0.433. The lowest BCUT2D eigenvalue weighted by atomic mass is 10.5. The normalized spacial score (nSPS) is 13.2. The molecule has 0 rings (SSSR count). The van der Waals surface area contributed by atoms with E-state index in [0.717, 1.165) is 6.42 Å². The summed E-state index contributed by atoms with van der Waals surface area (Å²) in [5.41, 5.74) is 0. The van der Waals surface area contributed by atoms with Crippen LogP contribution in [0.2, 0.25) is 0 Å². The second-order valence-corrected chi connectivity index (χ2v) is 2.60. The molecule has 1 atom stereocenters. The highest BCUT2D eigenvalue weighted by atomic mass is 16.6. The second kappa shape index (κ2) is 9.92. The first kappa shape index (κ1) is 12.8. The lowest BCUT2D eigenvalue weighted by molar-refractivity contribution is -0.140. The minimum absolute atomic E-state index is 0.215. The molecule has 0 bridgehead atoms. The van der Waals surface area contributed by atoms with E-state index in [1.54, 1.807) is 0 Å². The Hall–Kier alpha value is -0.160. The lowest BCUT2D eigenvalue weighted by Crippen LogP contribution is -2.20. The standard InChI is InChI=1S/C9H20O4/c1-3-5-13-9(10)8-12-7-6-11-4-2/h9-10H,3-8H2,1-2H3. The van der Waals surface area contributed by atoms with Crippen LogP contribution in [0.25, 0.3) is 0 Å². The lowest BCUT2D eigenvalue weighted by Gasteiger charge is -2.11. The third-order valence-corrected chi connectivity index (χ3v) is 1.35. The van der Waals surface area contributed by atoms with Crippen LogP contribution in [-0.2, 0) is 14.2 Å². The van der Waals surface area contributed by atoms with Gasteiger partial charge in [0.05, 0.1) is 19.8 Å². The smallest absolute Gasteiger partial charge is 0.178 e. The van der Waals surface area contributed by atoms with Gasteiger partial charge in [0.1, 0.15) is 0 Å². The number of aliphatic hydroxyl groups is 1. The third kappa shape index (κ3) is 9.76. The zero-order chi connectivity index (χ0) is 9.94. The molecular weight excluding hydrogens is 172 g/mol. The van der Waals surface area contributed by atoms with Crippen molar-refractivity contribution in [2.24, 2.45) is 0 Å². The first-order valence-corrected chi connectivity index (χ1v) is 4.76. The summed E-state index contributed by atoms with van der Waals surface area (Å²) in [6, 6.07) is 0. The molecule has 1 N–H and O–H groups in total. The first-order valence-electron chi connectivity index (χ1n) is 4.76. The zero-order valence-electron chi connectivity index (χ0n) is 8.49. The van der Waals surface area contributed by atoms with E-state index in [0.29, 0.717) is 26.4 Å². The maximum atomic E-state index is 9.15. The Labute approximate surface area is 79.8 Å². The molecule has 0 aromatic heterocycles. The molecule has 13 heavy (non-hydrogen) atoms. The third-order valence-electron chi connectivity index (χ3n) is 1.35. The molecule has 0 amide bonds. The van der Waals surface area contributed by atoms with E-state index in [2.05, 4.69) is 0 Å². The van der Waals surface area contributed by atoms with Crippen LogP contribution in [0.3, 0.4) is 0 Å². The molecule has 0 aliphatic carbocycles. The molecule has 0 aromatic rings. The zero-order valence-corrected chi connectivity index (χ0v) is 8.49. The number of rotatable bonds is 9. The maximum Gasteiger partial charge on any atom is 0.178 e. The van der Waals surface area contributed by atoms with E-state index in [1.807, 2.05) is 13.8 Å². The number of hydrogen-bond donors (Lipinski definition) is 1. The van der Waals surface area contributed by atoms with Crippen LogP contribution >= 0.6 is 0 Å². The number of ether oxygens (including phenoxy) is 3. The van der Waals surface area contributed by atoms with Crippen LogP contribution in [0.15, 0.2) is 0 Å². The van der Waals surface area contributed by atoms with Gasteiger partial charge in [0, 0.05) is 13.2 Å². The summed E-state index contributed by atoms with van der Waals surface area (Å²) in [5, 5.41) is 9.15. The van der Waals surface area contributed by atoms with Gasteiger partial charge in [-0.25, -0.2) is 0 Å². The van der Waals surface area contributed by atoms with Gasteiger partial charge in [-0.1, -0.05) is 6.92 Å². The number of hydrogen-bond acceptors (Lipinski definition) is 4. The summed E-state index contributed by atoms with van der Waals surface area (Å²) in [6.07, 6.45) is 0.0947. The Morgan fingerprint density at radius 2 is 1.77 bits per heavy atom. The number of aliphatic hydroxyl groups excluding tert-OH is 1. The molecular formula is C9H20O4. The van der Waals surface area contributed by atoms with Gasteiger partial charge in [-0.3, -0.25) is 0 Å². The first-order chi connectivity index (χ1) is 6.31. The van der Waals surface area contributed by atoms with E-state index < -0.39 is 6.29 Å². The van der Waals surface area contributed by atoms with Crippen molar-refractivity contribution in [1.29, 1.82) is 0 Å². The van der Waals surface area contributed by atoms with Gasteiger partial charge in [0.2, 0.25) is 0 Å². The fourth-order valence-electron chi connectivity index (χ4n) is 0.748. The average molecular weight is 192 g/mol. The molecule has 0 heterocycles. The molecule has 1 unspecified atom stereocenters. The van der Waals surface area contributed by atoms with Crippen LogP contribution in [0.5, 0.6) is 0 Å². The molecule has 0 fully saturated rings. The predicted molar refractivity (Wildman–Crippen MR) is 49.6 cm³/mol. The van der Waals surface area contributed by atoms with Gasteiger partial charge < -0.3 is 19.3 Å². The van der Waals surface area contributed by atoms with E-state index in [9.17, 15) is 0 Å². The highest BCUT2D eigenvalue weighted by Crippen LogP contribution is 1.90. The highest BCUT2D eigenvalue weighted by Gasteiger charge is 2.02. The molecule has 0 aliphatic heterocycles. The van der Waals surface area contributed by atoms with Crippen molar-refractivity contribution in [3.8, 4) is 0 Å². The van der Waals surface area contributed by atoms with Crippen LogP contribution in [0.4, 0.5) is 0 Å². The Morgan fingerprint density at radius 1 is 1.08 bits per heavy atom. The van der Waals surface area contributed by atoms with Crippen molar-refractivity contribution in [2.75, 3.05) is 33.0 Å². The van der Waals surface area contributed by atoms with Crippen molar-refractivity contribution in [3.63, 3.8) is 0 Å². The van der Waals surface area contributed by atoms with E-state index in [-0.39, 0.29) is 6.61 Å². The van der Waals surface area contributed by atoms with E-state index >= 15 is 0 Å². The topological polar surface area (TPSA) is 47.9 Å². The van der Waals surface area contributed by atoms with Crippen LogP contribution in [0, 0.1) is 0 Å². The van der Waals surface area contributed by atoms with Crippen LogP contribution in [0.1, 0.15) is 20.3 Å². The molecule has 4 nitrogen and oxygen atoms in total. The van der Waals surface area contributed by atoms with Gasteiger partial charge in [0.15, 0.2) is 6.29 Å². The summed E-state index contributed by atoms with van der Waals surface area (Å²) >= 11 is 0. The summed E-state index contributed by atoms with van der Waals surface area (Å²) < 4.78 is 15.1. The Bertz CT molecular complexity index is 97.6. The van der Waals surface area contributed by atoms with E-state index in [4.69, 9.17) is 19.3 Å². The van der Waals surface area contributed by atoms with Gasteiger partial charge >= 0.3 is 0 Å². The minimum atomic E-state index is -0.804. The summed E-state index contributed by atoms with van der Waals surface area (Å²) in [6.45, 7) is 6.46.